The van der Waals surface area contributed by atoms with Crippen molar-refractivity contribution in [2.45, 2.75) is 31.7 Å². The van der Waals surface area contributed by atoms with Crippen LogP contribution < -0.4 is 16.0 Å². The number of aromatic nitrogens is 2. The number of rotatable bonds is 7. The number of hydrogen-bond donors (Lipinski definition) is 3. The van der Waals surface area contributed by atoms with Gasteiger partial charge in [0.25, 0.3) is 5.91 Å². The van der Waals surface area contributed by atoms with E-state index in [0.29, 0.717) is 18.2 Å². The first-order valence-corrected chi connectivity index (χ1v) is 8.93. The van der Waals surface area contributed by atoms with Crippen molar-refractivity contribution in [2.75, 3.05) is 25.0 Å². The van der Waals surface area contributed by atoms with Gasteiger partial charge in [-0.25, -0.2) is 4.98 Å². The highest BCUT2D eigenvalue weighted by molar-refractivity contribution is 5.94. The number of amides is 1. The molecule has 1 aliphatic rings. The fourth-order valence-electron chi connectivity index (χ4n) is 2.92. The molecule has 0 aliphatic carbocycles. The minimum atomic E-state index is -0.0839. The molecule has 6 heteroatoms. The number of aryl methyl sites for hydroxylation is 1. The molecule has 6 nitrogen and oxygen atoms in total. The molecule has 2 aromatic rings. The van der Waals surface area contributed by atoms with Crippen molar-refractivity contribution in [3.8, 4) is 0 Å². The molecule has 25 heavy (non-hydrogen) atoms. The minimum absolute atomic E-state index is 0.0839. The molecule has 0 radical (unpaired) electrons. The molecule has 0 saturated carbocycles. The summed E-state index contributed by atoms with van der Waals surface area (Å²) in [6, 6.07) is 9.98. The molecule has 1 fully saturated rings. The van der Waals surface area contributed by atoms with Gasteiger partial charge in [-0.3, -0.25) is 9.78 Å². The van der Waals surface area contributed by atoms with Crippen LogP contribution >= 0.6 is 0 Å². The summed E-state index contributed by atoms with van der Waals surface area (Å²) in [5, 5.41) is 9.70. The van der Waals surface area contributed by atoms with Crippen LogP contribution in [0.15, 0.2) is 42.7 Å². The largest absolute Gasteiger partial charge is 0.366 e. The van der Waals surface area contributed by atoms with Gasteiger partial charge in [0.15, 0.2) is 0 Å². The summed E-state index contributed by atoms with van der Waals surface area (Å²) in [5.41, 5.74) is 1.64. The Morgan fingerprint density at radius 2 is 2.20 bits per heavy atom. The number of nitrogens with one attached hydrogen (secondary N) is 3. The Morgan fingerprint density at radius 1 is 1.24 bits per heavy atom. The van der Waals surface area contributed by atoms with Crippen molar-refractivity contribution < 1.29 is 4.79 Å². The molecule has 0 spiro atoms. The Kier molecular flexibility index (Phi) is 6.34. The summed E-state index contributed by atoms with van der Waals surface area (Å²) >= 11 is 0. The normalized spacial score (nSPS) is 17.0. The summed E-state index contributed by atoms with van der Waals surface area (Å²) in [4.78, 5) is 20.8. The summed E-state index contributed by atoms with van der Waals surface area (Å²) in [7, 11) is 0. The highest BCUT2D eigenvalue weighted by Crippen LogP contribution is 2.11. The minimum Gasteiger partial charge on any atom is -0.366 e. The van der Waals surface area contributed by atoms with Crippen LogP contribution in [-0.2, 0) is 6.42 Å². The molecule has 3 rings (SSSR count). The molecule has 2 aromatic heterocycles. The Hall–Kier alpha value is -2.47. The first kappa shape index (κ1) is 17.4. The van der Waals surface area contributed by atoms with Gasteiger partial charge in [0.2, 0.25) is 0 Å². The van der Waals surface area contributed by atoms with E-state index in [1.54, 1.807) is 12.4 Å². The zero-order valence-corrected chi connectivity index (χ0v) is 14.4. The Morgan fingerprint density at radius 3 is 2.92 bits per heavy atom. The van der Waals surface area contributed by atoms with Gasteiger partial charge in [0.05, 0.1) is 5.56 Å². The number of nitrogens with zero attached hydrogens (tertiary/aromatic N) is 2. The second-order valence-corrected chi connectivity index (χ2v) is 6.30. The maximum atomic E-state index is 12.2. The number of pyridine rings is 2. The number of carbonyl (C=O) groups is 1. The number of anilines is 1. The zero-order chi connectivity index (χ0) is 17.3. The third-order valence-electron chi connectivity index (χ3n) is 4.30. The zero-order valence-electron chi connectivity index (χ0n) is 14.4. The maximum absolute atomic E-state index is 12.2. The predicted molar refractivity (Wildman–Crippen MR) is 98.6 cm³/mol. The van der Waals surface area contributed by atoms with E-state index in [9.17, 15) is 4.79 Å². The first-order valence-electron chi connectivity index (χ1n) is 8.93. The van der Waals surface area contributed by atoms with Gasteiger partial charge in [-0.1, -0.05) is 6.07 Å². The Bertz CT molecular complexity index is 653. The van der Waals surface area contributed by atoms with E-state index >= 15 is 0 Å². The lowest BCUT2D eigenvalue weighted by molar-refractivity contribution is 0.0953. The van der Waals surface area contributed by atoms with Gasteiger partial charge < -0.3 is 16.0 Å². The lowest BCUT2D eigenvalue weighted by atomic mass is 10.1. The lowest BCUT2D eigenvalue weighted by Gasteiger charge is -2.24. The number of carbonyl (C=O) groups excluding carboxylic acids is 1. The molecule has 1 aliphatic heterocycles. The van der Waals surface area contributed by atoms with Gasteiger partial charge >= 0.3 is 0 Å². The van der Waals surface area contributed by atoms with Gasteiger partial charge in [0, 0.05) is 37.2 Å². The van der Waals surface area contributed by atoms with Crippen LogP contribution in [-0.4, -0.2) is 41.6 Å². The average molecular weight is 339 g/mol. The van der Waals surface area contributed by atoms with Gasteiger partial charge in [-0.05, 0) is 56.5 Å². The first-order chi connectivity index (χ1) is 12.3. The fourth-order valence-corrected chi connectivity index (χ4v) is 2.92. The van der Waals surface area contributed by atoms with E-state index < -0.39 is 0 Å². The molecular weight excluding hydrogens is 314 g/mol. The third kappa shape index (κ3) is 5.53. The standard InChI is InChI=1S/C19H25N5O/c25-19(22-12-4-6-16-5-1-2-11-21-16)15-8-9-18(23-13-15)24-17-7-3-10-20-14-17/h1-2,5,8-9,11,13,17,20H,3-4,6-7,10,12,14H2,(H,22,25)(H,23,24). The smallest absolute Gasteiger partial charge is 0.252 e. The molecule has 3 heterocycles. The summed E-state index contributed by atoms with van der Waals surface area (Å²) in [5.74, 6) is 0.736. The summed E-state index contributed by atoms with van der Waals surface area (Å²) in [6.45, 7) is 2.67. The monoisotopic (exact) mass is 339 g/mol. The van der Waals surface area contributed by atoms with E-state index in [4.69, 9.17) is 0 Å². The summed E-state index contributed by atoms with van der Waals surface area (Å²) in [6.07, 6.45) is 7.47. The van der Waals surface area contributed by atoms with Crippen LogP contribution in [0.1, 0.15) is 35.3 Å². The molecule has 1 atom stereocenters. The third-order valence-corrected chi connectivity index (χ3v) is 4.30. The predicted octanol–water partition coefficient (Wildman–Crippen LogP) is 2.00. The lowest BCUT2D eigenvalue weighted by Crippen LogP contribution is -2.38. The molecule has 1 amide bonds. The van der Waals surface area contributed by atoms with Gasteiger partial charge in [-0.15, -0.1) is 0 Å². The molecular formula is C19H25N5O. The molecule has 3 N–H and O–H groups in total. The molecule has 1 unspecified atom stereocenters. The van der Waals surface area contributed by atoms with Crippen molar-refractivity contribution >= 4 is 11.7 Å². The Balaban J connectivity index is 1.41. The Labute approximate surface area is 148 Å². The summed E-state index contributed by atoms with van der Waals surface area (Å²) < 4.78 is 0. The topological polar surface area (TPSA) is 78.9 Å². The van der Waals surface area contributed by atoms with E-state index in [0.717, 1.165) is 43.9 Å². The fraction of sp³-hybridized carbons (Fsp3) is 0.421. The number of hydrogen-bond acceptors (Lipinski definition) is 5. The second kappa shape index (κ2) is 9.13. The second-order valence-electron chi connectivity index (χ2n) is 6.30. The average Bonchev–Trinajstić information content (AvgIpc) is 2.67. The highest BCUT2D eigenvalue weighted by Gasteiger charge is 2.13. The molecule has 132 valence electrons. The van der Waals surface area contributed by atoms with Crippen LogP contribution in [0.5, 0.6) is 0 Å². The van der Waals surface area contributed by atoms with Crippen LogP contribution in [0.3, 0.4) is 0 Å². The van der Waals surface area contributed by atoms with Crippen LogP contribution in [0.4, 0.5) is 5.82 Å². The molecule has 1 saturated heterocycles. The molecule has 0 bridgehead atoms. The van der Waals surface area contributed by atoms with Crippen LogP contribution in [0.2, 0.25) is 0 Å². The van der Waals surface area contributed by atoms with Gasteiger partial charge in [-0.2, -0.15) is 0 Å². The van der Waals surface area contributed by atoms with E-state index in [2.05, 4.69) is 25.9 Å². The van der Waals surface area contributed by atoms with Crippen molar-refractivity contribution in [1.82, 2.24) is 20.6 Å². The van der Waals surface area contributed by atoms with Crippen molar-refractivity contribution in [1.29, 1.82) is 0 Å². The van der Waals surface area contributed by atoms with Crippen LogP contribution in [0, 0.1) is 0 Å². The van der Waals surface area contributed by atoms with Crippen molar-refractivity contribution in [3.05, 3.63) is 54.0 Å². The van der Waals surface area contributed by atoms with Crippen LogP contribution in [0.25, 0.3) is 0 Å². The van der Waals surface area contributed by atoms with E-state index in [1.807, 2.05) is 30.3 Å². The number of piperidine rings is 1. The maximum Gasteiger partial charge on any atom is 0.252 e. The van der Waals surface area contributed by atoms with Crippen molar-refractivity contribution in [3.63, 3.8) is 0 Å². The van der Waals surface area contributed by atoms with Gasteiger partial charge in [0.1, 0.15) is 5.82 Å². The SMILES string of the molecule is O=C(NCCCc1ccccn1)c1ccc(NC2CCCNC2)nc1. The van der Waals surface area contributed by atoms with E-state index in [-0.39, 0.29) is 5.91 Å². The van der Waals surface area contributed by atoms with Crippen molar-refractivity contribution in [2.24, 2.45) is 0 Å². The van der Waals surface area contributed by atoms with E-state index in [1.165, 1.54) is 6.42 Å². The highest BCUT2D eigenvalue weighted by atomic mass is 16.1. The quantitative estimate of drug-likeness (QED) is 0.673. The molecule has 0 aromatic carbocycles.